The third-order valence-electron chi connectivity index (χ3n) is 3.44. The summed E-state index contributed by atoms with van der Waals surface area (Å²) in [5.74, 6) is -0.720. The minimum atomic E-state index is -3.31. The number of aliphatic carboxylic acids is 1. The van der Waals surface area contributed by atoms with Gasteiger partial charge in [0.2, 0.25) is 10.0 Å². The van der Waals surface area contributed by atoms with Gasteiger partial charge in [0.1, 0.15) is 0 Å². The van der Waals surface area contributed by atoms with Crippen LogP contribution in [0.2, 0.25) is 0 Å². The molecule has 0 radical (unpaired) electrons. The smallest absolute Gasteiger partial charge is 0.311 e. The molecule has 1 aliphatic heterocycles. The van der Waals surface area contributed by atoms with Crippen molar-refractivity contribution in [2.24, 2.45) is 11.3 Å². The molecule has 0 aromatic heterocycles. The molecule has 1 rings (SSSR count). The van der Waals surface area contributed by atoms with E-state index in [1.165, 1.54) is 4.31 Å². The van der Waals surface area contributed by atoms with Crippen molar-refractivity contribution in [3.63, 3.8) is 0 Å². The molecule has 1 atom stereocenters. The summed E-state index contributed by atoms with van der Waals surface area (Å²) < 4.78 is 25.5. The second kappa shape index (κ2) is 5.57. The van der Waals surface area contributed by atoms with E-state index in [1.807, 2.05) is 20.8 Å². The van der Waals surface area contributed by atoms with E-state index in [1.54, 1.807) is 0 Å². The van der Waals surface area contributed by atoms with E-state index in [0.717, 1.165) is 6.42 Å². The summed E-state index contributed by atoms with van der Waals surface area (Å²) in [6.45, 7) is 6.09. The van der Waals surface area contributed by atoms with Crippen LogP contribution >= 0.6 is 0 Å². The summed E-state index contributed by atoms with van der Waals surface area (Å²) in [5.41, 5.74) is -0.876. The van der Waals surface area contributed by atoms with E-state index in [-0.39, 0.29) is 18.2 Å². The number of sulfonamides is 1. The highest BCUT2D eigenvalue weighted by molar-refractivity contribution is 7.89. The first-order valence-electron chi connectivity index (χ1n) is 6.45. The third-order valence-corrected chi connectivity index (χ3v) is 5.62. The highest BCUT2D eigenvalue weighted by Gasteiger charge is 2.47. The number of carboxylic acids is 1. The standard InChI is InChI=1S/C12H23NO4S/c1-4-5-12(11(14)15)6-7-13(9-12)18(16,17)8-10(2)3/h10H,4-9H2,1-3H3,(H,14,15). The molecule has 1 unspecified atom stereocenters. The van der Waals surface area contributed by atoms with Gasteiger partial charge in [-0.05, 0) is 18.8 Å². The Morgan fingerprint density at radius 2 is 2.06 bits per heavy atom. The fraction of sp³-hybridized carbons (Fsp3) is 0.917. The SMILES string of the molecule is CCCC1(C(=O)O)CCN(S(=O)(=O)CC(C)C)C1. The summed E-state index contributed by atoms with van der Waals surface area (Å²) in [7, 11) is -3.31. The number of carboxylic acid groups (broad SMARTS) is 1. The van der Waals surface area contributed by atoms with Crippen LogP contribution in [0.25, 0.3) is 0 Å². The second-order valence-corrected chi connectivity index (χ2v) is 7.60. The molecule has 1 saturated heterocycles. The van der Waals surface area contributed by atoms with Crippen molar-refractivity contribution in [2.75, 3.05) is 18.8 Å². The minimum absolute atomic E-state index is 0.0565. The van der Waals surface area contributed by atoms with E-state index in [0.29, 0.717) is 19.4 Å². The van der Waals surface area contributed by atoms with Crippen molar-refractivity contribution in [1.29, 1.82) is 0 Å². The maximum absolute atomic E-state index is 12.1. The summed E-state index contributed by atoms with van der Waals surface area (Å²) in [5, 5.41) is 9.34. The topological polar surface area (TPSA) is 74.7 Å². The van der Waals surface area contributed by atoms with Gasteiger partial charge in [0.15, 0.2) is 0 Å². The number of carbonyl (C=O) groups is 1. The molecule has 6 heteroatoms. The maximum atomic E-state index is 12.1. The normalized spacial score (nSPS) is 25.8. The van der Waals surface area contributed by atoms with Gasteiger partial charge < -0.3 is 5.11 Å². The van der Waals surface area contributed by atoms with Crippen LogP contribution in [-0.4, -0.2) is 42.6 Å². The average Bonchev–Trinajstić information content (AvgIpc) is 2.62. The lowest BCUT2D eigenvalue weighted by Crippen LogP contribution is -2.38. The summed E-state index contributed by atoms with van der Waals surface area (Å²) in [6, 6.07) is 0. The molecule has 0 bridgehead atoms. The number of nitrogens with zero attached hydrogens (tertiary/aromatic N) is 1. The van der Waals surface area contributed by atoms with Crippen LogP contribution in [0.3, 0.4) is 0 Å². The van der Waals surface area contributed by atoms with Gasteiger partial charge in [0.05, 0.1) is 11.2 Å². The van der Waals surface area contributed by atoms with Crippen LogP contribution in [0.1, 0.15) is 40.0 Å². The van der Waals surface area contributed by atoms with Crippen molar-refractivity contribution in [3.05, 3.63) is 0 Å². The highest BCUT2D eigenvalue weighted by atomic mass is 32.2. The number of hydrogen-bond donors (Lipinski definition) is 1. The molecule has 0 saturated carbocycles. The predicted molar refractivity (Wildman–Crippen MR) is 69.8 cm³/mol. The molecular formula is C12H23NO4S. The number of hydrogen-bond acceptors (Lipinski definition) is 3. The summed E-state index contributed by atoms with van der Waals surface area (Å²) >= 11 is 0. The van der Waals surface area contributed by atoms with Gasteiger partial charge in [0, 0.05) is 13.1 Å². The molecule has 0 spiro atoms. The summed E-state index contributed by atoms with van der Waals surface area (Å²) in [6.07, 6.45) is 1.72. The van der Waals surface area contributed by atoms with Crippen molar-refractivity contribution in [1.82, 2.24) is 4.31 Å². The average molecular weight is 277 g/mol. The van der Waals surface area contributed by atoms with Gasteiger partial charge in [0.25, 0.3) is 0 Å². The molecule has 0 aliphatic carbocycles. The predicted octanol–water partition coefficient (Wildman–Crippen LogP) is 1.55. The zero-order valence-corrected chi connectivity index (χ0v) is 12.2. The fourth-order valence-electron chi connectivity index (χ4n) is 2.56. The van der Waals surface area contributed by atoms with E-state index in [9.17, 15) is 18.3 Å². The van der Waals surface area contributed by atoms with E-state index < -0.39 is 21.4 Å². The van der Waals surface area contributed by atoms with Gasteiger partial charge in [-0.25, -0.2) is 12.7 Å². The molecule has 18 heavy (non-hydrogen) atoms. The molecule has 0 aromatic rings. The lowest BCUT2D eigenvalue weighted by molar-refractivity contribution is -0.148. The Labute approximate surface area is 109 Å². The Kier molecular flexibility index (Phi) is 4.78. The molecule has 1 fully saturated rings. The van der Waals surface area contributed by atoms with Crippen LogP contribution in [0.4, 0.5) is 0 Å². The maximum Gasteiger partial charge on any atom is 0.311 e. The molecule has 1 heterocycles. The second-order valence-electron chi connectivity index (χ2n) is 5.59. The van der Waals surface area contributed by atoms with E-state index in [4.69, 9.17) is 0 Å². The first-order valence-corrected chi connectivity index (χ1v) is 8.05. The molecule has 1 N–H and O–H groups in total. The Morgan fingerprint density at radius 1 is 1.44 bits per heavy atom. The van der Waals surface area contributed by atoms with Crippen LogP contribution in [-0.2, 0) is 14.8 Å². The van der Waals surface area contributed by atoms with Crippen LogP contribution < -0.4 is 0 Å². The highest BCUT2D eigenvalue weighted by Crippen LogP contribution is 2.37. The quantitative estimate of drug-likeness (QED) is 0.799. The lowest BCUT2D eigenvalue weighted by Gasteiger charge is -2.24. The van der Waals surface area contributed by atoms with Crippen molar-refractivity contribution in [3.8, 4) is 0 Å². The van der Waals surface area contributed by atoms with Crippen LogP contribution in [0.15, 0.2) is 0 Å². The van der Waals surface area contributed by atoms with Crippen molar-refractivity contribution in [2.45, 2.75) is 40.0 Å². The first-order chi connectivity index (χ1) is 8.23. The molecule has 0 aromatic carbocycles. The molecule has 0 amide bonds. The van der Waals surface area contributed by atoms with E-state index in [2.05, 4.69) is 0 Å². The largest absolute Gasteiger partial charge is 0.481 e. The monoisotopic (exact) mass is 277 g/mol. The Morgan fingerprint density at radius 3 is 2.50 bits per heavy atom. The minimum Gasteiger partial charge on any atom is -0.481 e. The van der Waals surface area contributed by atoms with Gasteiger partial charge >= 0.3 is 5.97 Å². The third kappa shape index (κ3) is 3.23. The Hall–Kier alpha value is -0.620. The lowest BCUT2D eigenvalue weighted by atomic mass is 9.83. The van der Waals surface area contributed by atoms with Gasteiger partial charge in [-0.2, -0.15) is 0 Å². The first kappa shape index (κ1) is 15.4. The van der Waals surface area contributed by atoms with Crippen LogP contribution in [0, 0.1) is 11.3 Å². The molecule has 1 aliphatic rings. The summed E-state index contributed by atoms with van der Waals surface area (Å²) in [4.78, 5) is 11.4. The van der Waals surface area contributed by atoms with Crippen molar-refractivity contribution < 1.29 is 18.3 Å². The van der Waals surface area contributed by atoms with Crippen LogP contribution in [0.5, 0.6) is 0 Å². The van der Waals surface area contributed by atoms with Gasteiger partial charge in [-0.3, -0.25) is 4.79 Å². The zero-order chi connectivity index (χ0) is 14.0. The molecule has 5 nitrogen and oxygen atoms in total. The van der Waals surface area contributed by atoms with Gasteiger partial charge in [-0.1, -0.05) is 27.2 Å². The fourth-order valence-corrected chi connectivity index (χ4v) is 4.43. The Bertz CT molecular complexity index is 404. The Balaban J connectivity index is 2.84. The molecule has 106 valence electrons. The molecular weight excluding hydrogens is 254 g/mol. The zero-order valence-electron chi connectivity index (χ0n) is 11.3. The number of rotatable bonds is 6. The van der Waals surface area contributed by atoms with Gasteiger partial charge in [-0.15, -0.1) is 0 Å². The van der Waals surface area contributed by atoms with Crippen molar-refractivity contribution >= 4 is 16.0 Å². The van der Waals surface area contributed by atoms with E-state index >= 15 is 0 Å².